The Morgan fingerprint density at radius 2 is 1.00 bits per heavy atom. The van der Waals surface area contributed by atoms with E-state index in [1.165, 1.54) is 41.7 Å². The van der Waals surface area contributed by atoms with Gasteiger partial charge < -0.3 is 20.0 Å². The number of Topliss-reactive ketones (excluding diaryl/α,β-unsaturated/α-hetero) is 2. The maximum Gasteiger partial charge on any atom is 0.299 e. The van der Waals surface area contributed by atoms with E-state index in [1.54, 1.807) is 67.7 Å². The molecule has 0 atom stereocenters. The van der Waals surface area contributed by atoms with E-state index in [1.807, 2.05) is 19.0 Å². The molecule has 4 aliphatic heterocycles. The molecule has 0 fully saturated rings. The molecule has 60 heavy (non-hydrogen) atoms. The molecule has 8 rings (SSSR count). The first kappa shape index (κ1) is 46.7. The minimum atomic E-state index is -3.51. The summed E-state index contributed by atoms with van der Waals surface area (Å²) in [7, 11) is 4.61. The third-order valence-corrected chi connectivity index (χ3v) is 14.7. The molecule has 4 aromatic carbocycles. The van der Waals surface area contributed by atoms with Crippen LogP contribution in [0.15, 0.2) is 70.5 Å². The number of carbonyl (C=O) groups is 4. The minimum Gasteiger partial charge on any atom is -0.318 e. The number of amides is 2. The van der Waals surface area contributed by atoms with Crippen LogP contribution in [-0.4, -0.2) is 126 Å². The van der Waals surface area contributed by atoms with Crippen molar-refractivity contribution in [3.05, 3.63) is 94.0 Å². The standard InChI is InChI=1S/C21H23N3O4S.C20H21N3O4S.CH3I.CH4/c1-22(2)29(27,28)14-7-5-13(6-8-14)16-11-17-19(24(4)21(26)20(17)25)18-12-23(3)10-9-15(16)18;1-22(2)28(26,27)13-6-4-12(5-7-13)15-10-16-18(21-20(25)19(16)24)17-11-23(3)9-8-14(15)17;1-2;/h5-8,11H,9-10,12H2,1-4H3;4-7,10H,8-9,11H2,1-3H3,(H,21,24,25);1H3;1H4. The molecule has 1 N–H and O–H groups in total. The molecule has 320 valence electrons. The molecule has 2 amide bonds. The predicted molar refractivity (Wildman–Crippen MR) is 243 cm³/mol. The number of hydrogen-bond donors (Lipinski definition) is 1. The SMILES string of the molecule is C.CI.CN1CCc2c(-c3ccc(S(=O)(=O)N(C)C)cc3)cc3c(c2C1)N(C)C(=O)C3=O.CN1CCc2c(-c3ccc(S(=O)(=O)N(C)C)cc3)cc3c(c2C1)NC(=O)C3=O. The summed E-state index contributed by atoms with van der Waals surface area (Å²) in [6.07, 6.45) is 1.58. The van der Waals surface area contributed by atoms with E-state index >= 15 is 0 Å². The Bertz CT molecular complexity index is 2610. The fourth-order valence-electron chi connectivity index (χ4n) is 7.86. The van der Waals surface area contributed by atoms with E-state index in [4.69, 9.17) is 0 Å². The highest BCUT2D eigenvalue weighted by Crippen LogP contribution is 2.43. The number of halogens is 1. The topological polar surface area (TPSA) is 165 Å². The largest absolute Gasteiger partial charge is 0.318 e. The van der Waals surface area contributed by atoms with E-state index in [0.717, 1.165) is 70.4 Å². The smallest absolute Gasteiger partial charge is 0.299 e. The third kappa shape index (κ3) is 8.32. The highest BCUT2D eigenvalue weighted by atomic mass is 127. The van der Waals surface area contributed by atoms with Crippen molar-refractivity contribution < 1.29 is 36.0 Å². The lowest BCUT2D eigenvalue weighted by Gasteiger charge is -2.30. The van der Waals surface area contributed by atoms with Crippen LogP contribution in [0.2, 0.25) is 0 Å². The summed E-state index contributed by atoms with van der Waals surface area (Å²) in [6, 6.07) is 16.9. The number of hydrogen-bond acceptors (Lipinski definition) is 10. The Morgan fingerprint density at radius 1 is 0.583 bits per heavy atom. The highest BCUT2D eigenvalue weighted by molar-refractivity contribution is 14.1. The van der Waals surface area contributed by atoms with Crippen LogP contribution in [0.25, 0.3) is 22.3 Å². The van der Waals surface area contributed by atoms with Gasteiger partial charge in [0, 0.05) is 61.4 Å². The van der Waals surface area contributed by atoms with Crippen LogP contribution >= 0.6 is 22.6 Å². The van der Waals surface area contributed by atoms with Crippen molar-refractivity contribution in [2.24, 2.45) is 0 Å². The Balaban J connectivity index is 0.000000215. The van der Waals surface area contributed by atoms with E-state index in [0.29, 0.717) is 35.6 Å². The molecule has 0 radical (unpaired) electrons. The third-order valence-electron chi connectivity index (χ3n) is 11.1. The van der Waals surface area contributed by atoms with E-state index in [2.05, 4.69) is 37.7 Å². The van der Waals surface area contributed by atoms with Gasteiger partial charge in [-0.2, -0.15) is 0 Å². The minimum absolute atomic E-state index is 0. The van der Waals surface area contributed by atoms with Gasteiger partial charge in [0.2, 0.25) is 20.0 Å². The van der Waals surface area contributed by atoms with Crippen molar-refractivity contribution in [1.29, 1.82) is 0 Å². The summed E-state index contributed by atoms with van der Waals surface area (Å²) in [5, 5.41) is 2.72. The zero-order valence-electron chi connectivity index (χ0n) is 34.2. The summed E-state index contributed by atoms with van der Waals surface area (Å²) in [4.78, 5) is 57.2. The molecule has 0 bridgehead atoms. The van der Waals surface area contributed by atoms with Crippen molar-refractivity contribution in [2.45, 2.75) is 43.1 Å². The van der Waals surface area contributed by atoms with Gasteiger partial charge in [-0.05, 0) is 113 Å². The molecule has 14 nitrogen and oxygen atoms in total. The van der Waals surface area contributed by atoms with Crippen molar-refractivity contribution in [2.75, 3.05) is 77.6 Å². The first-order chi connectivity index (χ1) is 27.8. The number of carbonyl (C=O) groups excluding carboxylic acids is 4. The van der Waals surface area contributed by atoms with Gasteiger partial charge in [-0.15, -0.1) is 0 Å². The van der Waals surface area contributed by atoms with Crippen LogP contribution in [0.4, 0.5) is 11.4 Å². The van der Waals surface area contributed by atoms with Crippen LogP contribution in [-0.2, 0) is 55.6 Å². The molecule has 0 saturated heterocycles. The molecule has 0 saturated carbocycles. The van der Waals surface area contributed by atoms with Gasteiger partial charge >= 0.3 is 0 Å². The van der Waals surface area contributed by atoms with Gasteiger partial charge in [-0.25, -0.2) is 25.4 Å². The number of rotatable bonds is 6. The number of ketones is 2. The van der Waals surface area contributed by atoms with Crippen LogP contribution in [0, 0.1) is 0 Å². The Labute approximate surface area is 366 Å². The average Bonchev–Trinajstić information content (AvgIpc) is 3.63. The highest BCUT2D eigenvalue weighted by Gasteiger charge is 2.39. The van der Waals surface area contributed by atoms with E-state index < -0.39 is 43.4 Å². The second-order valence-electron chi connectivity index (χ2n) is 15.2. The Hall–Kier alpha value is -4.37. The van der Waals surface area contributed by atoms with Crippen molar-refractivity contribution in [1.82, 2.24) is 18.4 Å². The van der Waals surface area contributed by atoms with Crippen LogP contribution < -0.4 is 10.2 Å². The summed E-state index contributed by atoms with van der Waals surface area (Å²) < 4.78 is 51.7. The number of likely N-dealkylation sites (N-methyl/N-ethyl adjacent to an activating group) is 3. The maximum absolute atomic E-state index is 12.5. The molecule has 17 heteroatoms. The zero-order chi connectivity index (χ0) is 43.3. The average molecular weight is 971 g/mol. The number of nitrogens with one attached hydrogen (secondary N) is 1. The molecule has 0 aromatic heterocycles. The van der Waals surface area contributed by atoms with Gasteiger partial charge in [0.1, 0.15) is 0 Å². The fraction of sp³-hybridized carbons (Fsp3) is 0.349. The van der Waals surface area contributed by atoms with E-state index in [9.17, 15) is 36.0 Å². The Kier molecular flexibility index (Phi) is 13.9. The molecular formula is C43H51IN6O8S2. The van der Waals surface area contributed by atoms with E-state index in [-0.39, 0.29) is 17.2 Å². The monoisotopic (exact) mass is 970 g/mol. The number of anilines is 2. The van der Waals surface area contributed by atoms with Crippen molar-refractivity contribution in [3.63, 3.8) is 0 Å². The molecule has 4 aromatic rings. The second-order valence-corrected chi connectivity index (χ2v) is 19.5. The normalized spacial score (nSPS) is 16.2. The number of sulfonamides is 2. The van der Waals surface area contributed by atoms with Crippen LogP contribution in [0.1, 0.15) is 50.4 Å². The summed E-state index contributed by atoms with van der Waals surface area (Å²) in [5.74, 6) is -2.14. The lowest BCUT2D eigenvalue weighted by Crippen LogP contribution is -2.30. The van der Waals surface area contributed by atoms with Gasteiger partial charge in [0.05, 0.1) is 32.3 Å². The molecular weight excluding hydrogens is 920 g/mol. The number of benzene rings is 4. The Morgan fingerprint density at radius 3 is 1.45 bits per heavy atom. The van der Waals surface area contributed by atoms with Gasteiger partial charge in [0.25, 0.3) is 23.4 Å². The lowest BCUT2D eigenvalue weighted by atomic mass is 9.87. The van der Waals surface area contributed by atoms with Gasteiger partial charge in [0.15, 0.2) is 0 Å². The fourth-order valence-corrected chi connectivity index (χ4v) is 9.66. The first-order valence-electron chi connectivity index (χ1n) is 18.7. The molecule has 4 heterocycles. The molecule has 0 aliphatic carbocycles. The van der Waals surface area contributed by atoms with Gasteiger partial charge in [-0.1, -0.05) is 54.3 Å². The number of nitrogens with zero attached hydrogens (tertiary/aromatic N) is 5. The first-order valence-corrected chi connectivity index (χ1v) is 23.7. The summed E-state index contributed by atoms with van der Waals surface area (Å²) in [5.41, 5.74) is 9.72. The van der Waals surface area contributed by atoms with Crippen molar-refractivity contribution in [3.8, 4) is 22.3 Å². The van der Waals surface area contributed by atoms with Crippen LogP contribution in [0.3, 0.4) is 0 Å². The quantitative estimate of drug-likeness (QED) is 0.155. The van der Waals surface area contributed by atoms with Crippen molar-refractivity contribution >= 4 is 77.4 Å². The predicted octanol–water partition coefficient (Wildman–Crippen LogP) is 5.16. The summed E-state index contributed by atoms with van der Waals surface area (Å²) >= 11 is 2.15. The van der Waals surface area contributed by atoms with Gasteiger partial charge in [-0.3, -0.25) is 19.2 Å². The molecule has 0 spiro atoms. The zero-order valence-corrected chi connectivity index (χ0v) is 38.0. The molecule has 4 aliphatic rings. The lowest BCUT2D eigenvalue weighted by molar-refractivity contribution is -0.114. The van der Waals surface area contributed by atoms with Crippen LogP contribution in [0.5, 0.6) is 0 Å². The summed E-state index contributed by atoms with van der Waals surface area (Å²) in [6.45, 7) is 3.04. The molecule has 0 unspecified atom stereocenters. The second kappa shape index (κ2) is 17.9. The number of alkyl halides is 1. The number of fused-ring (bicyclic) bond motifs is 6. The maximum atomic E-state index is 12.5.